The van der Waals surface area contributed by atoms with Gasteiger partial charge >= 0.3 is 0 Å². The molecule has 0 aliphatic carbocycles. The van der Waals surface area contributed by atoms with Crippen LogP contribution in [0.25, 0.3) is 0 Å². The maximum absolute atomic E-state index is 12.3. The number of hydrogen-bond acceptors (Lipinski definition) is 3. The second-order valence-electron chi connectivity index (χ2n) is 6.78. The summed E-state index contributed by atoms with van der Waals surface area (Å²) >= 11 is 0. The highest BCUT2D eigenvalue weighted by atomic mass is 16.2. The van der Waals surface area contributed by atoms with Crippen LogP contribution < -0.4 is 10.6 Å². The van der Waals surface area contributed by atoms with Crippen LogP contribution in [0.15, 0.2) is 0 Å². The van der Waals surface area contributed by atoms with Crippen LogP contribution in [0.4, 0.5) is 0 Å². The summed E-state index contributed by atoms with van der Waals surface area (Å²) in [7, 11) is 1.88. The summed E-state index contributed by atoms with van der Waals surface area (Å²) in [5, 5.41) is 6.05. The largest absolute Gasteiger partial charge is 0.354 e. The van der Waals surface area contributed by atoms with Gasteiger partial charge in [-0.15, -0.1) is 0 Å². The predicted octanol–water partition coefficient (Wildman–Crippen LogP) is 0.995. The lowest BCUT2D eigenvalue weighted by atomic mass is 9.91. The van der Waals surface area contributed by atoms with Crippen molar-refractivity contribution in [2.24, 2.45) is 11.3 Å². The molecule has 0 aromatic rings. The van der Waals surface area contributed by atoms with E-state index in [1.807, 2.05) is 39.6 Å². The highest BCUT2D eigenvalue weighted by molar-refractivity contribution is 5.83. The molecule has 1 aliphatic rings. The Morgan fingerprint density at radius 1 is 1.35 bits per heavy atom. The molecule has 0 bridgehead atoms. The molecule has 0 spiro atoms. The normalized spacial score (nSPS) is 21.4. The number of likely N-dealkylation sites (N-methyl/N-ethyl adjacent to an activating group) is 1. The number of amides is 2. The van der Waals surface area contributed by atoms with Gasteiger partial charge in [-0.3, -0.25) is 9.59 Å². The Balaban J connectivity index is 2.52. The highest BCUT2D eigenvalue weighted by Crippen LogP contribution is 2.23. The summed E-state index contributed by atoms with van der Waals surface area (Å²) in [4.78, 5) is 26.3. The molecule has 0 saturated carbocycles. The SMILES string of the molecule is CNC(C)CNC(=O)C1CCCN(C(=O)C(C)(C)C)C1. The van der Waals surface area contributed by atoms with Crippen LogP contribution in [-0.2, 0) is 9.59 Å². The fourth-order valence-corrected chi connectivity index (χ4v) is 2.35. The fourth-order valence-electron chi connectivity index (χ4n) is 2.35. The third-order valence-corrected chi connectivity index (χ3v) is 3.80. The maximum atomic E-state index is 12.3. The molecular weight excluding hydrogens is 254 g/mol. The summed E-state index contributed by atoms with van der Waals surface area (Å²) in [5.74, 6) is 0.135. The minimum atomic E-state index is -0.376. The molecule has 20 heavy (non-hydrogen) atoms. The number of likely N-dealkylation sites (tertiary alicyclic amines) is 1. The van der Waals surface area contributed by atoms with Crippen LogP contribution in [0.2, 0.25) is 0 Å². The van der Waals surface area contributed by atoms with Crippen molar-refractivity contribution in [3.63, 3.8) is 0 Å². The van der Waals surface area contributed by atoms with Crippen LogP contribution in [-0.4, -0.2) is 49.4 Å². The van der Waals surface area contributed by atoms with E-state index in [2.05, 4.69) is 10.6 Å². The molecule has 1 rings (SSSR count). The molecule has 0 aromatic heterocycles. The first-order chi connectivity index (χ1) is 9.25. The second kappa shape index (κ2) is 7.07. The molecule has 2 amide bonds. The van der Waals surface area contributed by atoms with Gasteiger partial charge in [-0.25, -0.2) is 0 Å². The number of nitrogens with one attached hydrogen (secondary N) is 2. The lowest BCUT2D eigenvalue weighted by molar-refractivity contribution is -0.142. The van der Waals surface area contributed by atoms with Crippen molar-refractivity contribution in [3.8, 4) is 0 Å². The Kier molecular flexibility index (Phi) is 5.99. The van der Waals surface area contributed by atoms with Crippen molar-refractivity contribution in [3.05, 3.63) is 0 Å². The molecule has 2 atom stereocenters. The summed E-state index contributed by atoms with van der Waals surface area (Å²) in [6, 6.07) is 0.259. The lowest BCUT2D eigenvalue weighted by Crippen LogP contribution is -2.49. The Hall–Kier alpha value is -1.10. The molecule has 1 heterocycles. The zero-order valence-corrected chi connectivity index (χ0v) is 13.5. The van der Waals surface area contributed by atoms with E-state index in [-0.39, 0.29) is 29.2 Å². The van der Waals surface area contributed by atoms with E-state index in [9.17, 15) is 9.59 Å². The van der Waals surface area contributed by atoms with E-state index in [0.717, 1.165) is 19.4 Å². The molecule has 2 N–H and O–H groups in total. The summed E-state index contributed by atoms with van der Waals surface area (Å²) < 4.78 is 0. The van der Waals surface area contributed by atoms with Gasteiger partial charge in [0.1, 0.15) is 0 Å². The van der Waals surface area contributed by atoms with Gasteiger partial charge < -0.3 is 15.5 Å². The van der Waals surface area contributed by atoms with Crippen molar-refractivity contribution in [1.29, 1.82) is 0 Å². The number of carbonyl (C=O) groups is 2. The van der Waals surface area contributed by atoms with E-state index < -0.39 is 0 Å². The minimum Gasteiger partial charge on any atom is -0.354 e. The van der Waals surface area contributed by atoms with Crippen molar-refractivity contribution >= 4 is 11.8 Å². The maximum Gasteiger partial charge on any atom is 0.227 e. The molecule has 116 valence electrons. The molecule has 5 nitrogen and oxygen atoms in total. The van der Waals surface area contributed by atoms with E-state index in [1.165, 1.54) is 0 Å². The van der Waals surface area contributed by atoms with Crippen LogP contribution >= 0.6 is 0 Å². The van der Waals surface area contributed by atoms with Gasteiger partial charge in [0.15, 0.2) is 0 Å². The highest BCUT2D eigenvalue weighted by Gasteiger charge is 2.33. The van der Waals surface area contributed by atoms with Crippen molar-refractivity contribution in [1.82, 2.24) is 15.5 Å². The van der Waals surface area contributed by atoms with E-state index in [4.69, 9.17) is 0 Å². The second-order valence-corrected chi connectivity index (χ2v) is 6.78. The van der Waals surface area contributed by atoms with Crippen molar-refractivity contribution in [2.75, 3.05) is 26.7 Å². The predicted molar refractivity (Wildman–Crippen MR) is 80.3 cm³/mol. The minimum absolute atomic E-state index is 0.0681. The number of hydrogen-bond donors (Lipinski definition) is 2. The third kappa shape index (κ3) is 4.78. The molecule has 1 aliphatic heterocycles. The van der Waals surface area contributed by atoms with E-state index in [0.29, 0.717) is 13.1 Å². The zero-order valence-electron chi connectivity index (χ0n) is 13.5. The summed E-state index contributed by atoms with van der Waals surface area (Å²) in [6.45, 7) is 9.74. The average molecular weight is 283 g/mol. The first-order valence-corrected chi connectivity index (χ1v) is 7.50. The zero-order chi connectivity index (χ0) is 15.3. The Labute approximate surface area is 122 Å². The first kappa shape index (κ1) is 17.0. The molecule has 5 heteroatoms. The van der Waals surface area contributed by atoms with Crippen LogP contribution in [0.1, 0.15) is 40.5 Å². The van der Waals surface area contributed by atoms with Gasteiger partial charge in [0.25, 0.3) is 0 Å². The molecule has 1 fully saturated rings. The molecule has 1 saturated heterocycles. The standard InChI is InChI=1S/C15H29N3O2/c1-11(16-5)9-17-13(19)12-7-6-8-18(10-12)14(20)15(2,3)4/h11-12,16H,6-10H2,1-5H3,(H,17,19). The molecule has 0 aromatic carbocycles. The van der Waals surface area contributed by atoms with E-state index in [1.54, 1.807) is 0 Å². The van der Waals surface area contributed by atoms with Gasteiger partial charge in [-0.2, -0.15) is 0 Å². The number of piperidine rings is 1. The average Bonchev–Trinajstić information content (AvgIpc) is 2.42. The van der Waals surface area contributed by atoms with Gasteiger partial charge in [0, 0.05) is 31.1 Å². The Bertz CT molecular complexity index is 350. The van der Waals surface area contributed by atoms with Gasteiger partial charge in [0.2, 0.25) is 11.8 Å². The van der Waals surface area contributed by atoms with E-state index >= 15 is 0 Å². The Morgan fingerprint density at radius 2 is 2.00 bits per heavy atom. The number of nitrogens with zero attached hydrogens (tertiary/aromatic N) is 1. The molecule has 2 unspecified atom stereocenters. The summed E-state index contributed by atoms with van der Waals surface area (Å²) in [6.07, 6.45) is 1.77. The summed E-state index contributed by atoms with van der Waals surface area (Å²) in [5.41, 5.74) is -0.376. The Morgan fingerprint density at radius 3 is 2.55 bits per heavy atom. The van der Waals surface area contributed by atoms with Crippen LogP contribution in [0, 0.1) is 11.3 Å². The van der Waals surface area contributed by atoms with Gasteiger partial charge in [0.05, 0.1) is 5.92 Å². The van der Waals surface area contributed by atoms with Crippen molar-refractivity contribution < 1.29 is 9.59 Å². The van der Waals surface area contributed by atoms with Gasteiger partial charge in [-0.05, 0) is 26.8 Å². The topological polar surface area (TPSA) is 61.4 Å². The molecular formula is C15H29N3O2. The monoisotopic (exact) mass is 283 g/mol. The van der Waals surface area contributed by atoms with Crippen LogP contribution in [0.5, 0.6) is 0 Å². The van der Waals surface area contributed by atoms with Crippen LogP contribution in [0.3, 0.4) is 0 Å². The smallest absolute Gasteiger partial charge is 0.227 e. The van der Waals surface area contributed by atoms with Crippen molar-refractivity contribution in [2.45, 2.75) is 46.6 Å². The number of rotatable bonds is 4. The third-order valence-electron chi connectivity index (χ3n) is 3.80. The number of carbonyl (C=O) groups excluding carboxylic acids is 2. The fraction of sp³-hybridized carbons (Fsp3) is 0.867. The van der Waals surface area contributed by atoms with Gasteiger partial charge in [-0.1, -0.05) is 20.8 Å². The first-order valence-electron chi connectivity index (χ1n) is 7.50. The molecule has 0 radical (unpaired) electrons. The lowest BCUT2D eigenvalue weighted by Gasteiger charge is -2.36. The quantitative estimate of drug-likeness (QED) is 0.809.